The van der Waals surface area contributed by atoms with E-state index < -0.39 is 0 Å². The average Bonchev–Trinajstić information content (AvgIpc) is 3.04. The summed E-state index contributed by atoms with van der Waals surface area (Å²) in [6, 6.07) is 6.40. The van der Waals surface area contributed by atoms with E-state index in [1.54, 1.807) is 28.2 Å². The smallest absolute Gasteiger partial charge is 0.123 e. The van der Waals surface area contributed by atoms with Gasteiger partial charge in [-0.1, -0.05) is 0 Å². The summed E-state index contributed by atoms with van der Waals surface area (Å²) in [6.45, 7) is 2.61. The fourth-order valence-corrected chi connectivity index (χ4v) is 2.90. The van der Waals surface area contributed by atoms with Crippen LogP contribution in [0.25, 0.3) is 10.6 Å². The molecule has 0 atom stereocenters. The van der Waals surface area contributed by atoms with E-state index in [0.717, 1.165) is 27.6 Å². The number of benzene rings is 1. The van der Waals surface area contributed by atoms with Crippen molar-refractivity contribution in [2.45, 2.75) is 13.5 Å². The second kappa shape index (κ2) is 5.65. The molecule has 1 N–H and O–H groups in total. The fraction of sp³-hybridized carbons (Fsp3) is 0.200. The number of rotatable bonds is 4. The number of aryl methyl sites for hydroxylation is 2. The third-order valence-electron chi connectivity index (χ3n) is 3.12. The number of hydrogen-bond donors (Lipinski definition) is 1. The van der Waals surface area contributed by atoms with Crippen LogP contribution in [0, 0.1) is 12.7 Å². The molecule has 1 aromatic carbocycles. The summed E-state index contributed by atoms with van der Waals surface area (Å²) in [5.41, 5.74) is 3.87. The molecule has 0 saturated heterocycles. The normalized spacial score (nSPS) is 10.8. The molecule has 0 bridgehead atoms. The third-order valence-corrected chi connectivity index (χ3v) is 4.06. The van der Waals surface area contributed by atoms with Crippen LogP contribution in [0.5, 0.6) is 0 Å². The van der Waals surface area contributed by atoms with Crippen LogP contribution in [0.3, 0.4) is 0 Å². The molecule has 21 heavy (non-hydrogen) atoms. The molecule has 108 valence electrons. The van der Waals surface area contributed by atoms with E-state index in [1.165, 1.54) is 12.1 Å². The highest BCUT2D eigenvalue weighted by Crippen LogP contribution is 2.24. The predicted octanol–water partition coefficient (Wildman–Crippen LogP) is 3.60. The summed E-state index contributed by atoms with van der Waals surface area (Å²) in [6.07, 6.45) is 1.95. The monoisotopic (exact) mass is 302 g/mol. The first-order valence-electron chi connectivity index (χ1n) is 6.56. The molecule has 0 spiro atoms. The van der Waals surface area contributed by atoms with E-state index in [1.807, 2.05) is 25.5 Å². The Morgan fingerprint density at radius 3 is 2.71 bits per heavy atom. The van der Waals surface area contributed by atoms with Gasteiger partial charge >= 0.3 is 0 Å². The van der Waals surface area contributed by atoms with Gasteiger partial charge in [0, 0.05) is 24.2 Å². The van der Waals surface area contributed by atoms with Gasteiger partial charge in [-0.2, -0.15) is 5.10 Å². The van der Waals surface area contributed by atoms with Crippen LogP contribution >= 0.6 is 11.3 Å². The van der Waals surface area contributed by atoms with Crippen LogP contribution in [0.15, 0.2) is 35.8 Å². The van der Waals surface area contributed by atoms with E-state index >= 15 is 0 Å². The molecular weight excluding hydrogens is 287 g/mol. The molecule has 0 radical (unpaired) electrons. The minimum absolute atomic E-state index is 0.232. The first kappa shape index (κ1) is 13.8. The van der Waals surface area contributed by atoms with Crippen LogP contribution in [-0.2, 0) is 13.6 Å². The minimum Gasteiger partial charge on any atom is -0.377 e. The lowest BCUT2D eigenvalue weighted by molar-refractivity contribution is 0.628. The third kappa shape index (κ3) is 3.11. The molecule has 4 nitrogen and oxygen atoms in total. The van der Waals surface area contributed by atoms with Gasteiger partial charge in [0.2, 0.25) is 0 Å². The van der Waals surface area contributed by atoms with E-state index in [-0.39, 0.29) is 5.82 Å². The first-order chi connectivity index (χ1) is 10.1. The van der Waals surface area contributed by atoms with Gasteiger partial charge in [-0.3, -0.25) is 4.68 Å². The van der Waals surface area contributed by atoms with Crippen molar-refractivity contribution in [3.63, 3.8) is 0 Å². The molecule has 6 heteroatoms. The van der Waals surface area contributed by atoms with Gasteiger partial charge < -0.3 is 5.32 Å². The minimum atomic E-state index is -0.232. The van der Waals surface area contributed by atoms with Gasteiger partial charge in [0.05, 0.1) is 23.6 Å². The van der Waals surface area contributed by atoms with Crippen molar-refractivity contribution in [1.82, 2.24) is 14.8 Å². The summed E-state index contributed by atoms with van der Waals surface area (Å²) < 4.78 is 14.7. The Morgan fingerprint density at radius 1 is 1.29 bits per heavy atom. The van der Waals surface area contributed by atoms with Crippen LogP contribution < -0.4 is 5.32 Å². The Hall–Kier alpha value is -2.21. The molecule has 2 heterocycles. The van der Waals surface area contributed by atoms with E-state index in [9.17, 15) is 4.39 Å². The van der Waals surface area contributed by atoms with Gasteiger partial charge in [0.25, 0.3) is 0 Å². The maximum atomic E-state index is 12.9. The zero-order valence-electron chi connectivity index (χ0n) is 11.8. The molecule has 2 aromatic heterocycles. The van der Waals surface area contributed by atoms with Crippen LogP contribution in [-0.4, -0.2) is 14.8 Å². The zero-order chi connectivity index (χ0) is 14.8. The molecule has 0 aliphatic heterocycles. The van der Waals surface area contributed by atoms with Gasteiger partial charge in [-0.25, -0.2) is 9.37 Å². The SMILES string of the molecule is Cc1nn(C)cc1NCc1csc(-c2ccc(F)cc2)n1. The Bertz CT molecular complexity index is 745. The number of aromatic nitrogens is 3. The van der Waals surface area contributed by atoms with Crippen molar-refractivity contribution in [2.24, 2.45) is 7.05 Å². The Balaban J connectivity index is 1.70. The Kier molecular flexibility index (Phi) is 3.70. The predicted molar refractivity (Wildman–Crippen MR) is 82.8 cm³/mol. The maximum absolute atomic E-state index is 12.9. The van der Waals surface area contributed by atoms with Crippen molar-refractivity contribution in [3.8, 4) is 10.6 Å². The van der Waals surface area contributed by atoms with E-state index in [2.05, 4.69) is 15.4 Å². The summed E-state index contributed by atoms with van der Waals surface area (Å²) in [7, 11) is 1.90. The standard InChI is InChI=1S/C15H15FN4S/c1-10-14(8-20(2)19-10)17-7-13-9-21-15(18-13)11-3-5-12(16)6-4-11/h3-6,8-9,17H,7H2,1-2H3. The van der Waals surface area contributed by atoms with Crippen molar-refractivity contribution >= 4 is 17.0 Å². The quantitative estimate of drug-likeness (QED) is 0.800. The van der Waals surface area contributed by atoms with Crippen LogP contribution in [0.1, 0.15) is 11.4 Å². The fourth-order valence-electron chi connectivity index (χ4n) is 2.07. The highest BCUT2D eigenvalue weighted by atomic mass is 32.1. The number of halogens is 1. The lowest BCUT2D eigenvalue weighted by atomic mass is 10.2. The van der Waals surface area contributed by atoms with Crippen LogP contribution in [0.2, 0.25) is 0 Å². The zero-order valence-corrected chi connectivity index (χ0v) is 12.6. The average molecular weight is 302 g/mol. The van der Waals surface area contributed by atoms with Crippen molar-refractivity contribution in [2.75, 3.05) is 5.32 Å². The number of nitrogens with zero attached hydrogens (tertiary/aromatic N) is 3. The summed E-state index contributed by atoms with van der Waals surface area (Å²) in [5.74, 6) is -0.232. The van der Waals surface area contributed by atoms with Gasteiger partial charge in [-0.15, -0.1) is 11.3 Å². The Labute approximate surface area is 126 Å². The summed E-state index contributed by atoms with van der Waals surface area (Å²) >= 11 is 1.56. The molecule has 0 unspecified atom stereocenters. The number of thiazole rings is 1. The molecule has 0 aliphatic rings. The lowest BCUT2D eigenvalue weighted by Gasteiger charge is -2.01. The summed E-state index contributed by atoms with van der Waals surface area (Å²) in [5, 5.41) is 10.5. The van der Waals surface area contributed by atoms with Gasteiger partial charge in [0.1, 0.15) is 10.8 Å². The lowest BCUT2D eigenvalue weighted by Crippen LogP contribution is -2.00. The second-order valence-corrected chi connectivity index (χ2v) is 5.66. The largest absolute Gasteiger partial charge is 0.377 e. The maximum Gasteiger partial charge on any atom is 0.123 e. The molecular formula is C15H15FN4S. The van der Waals surface area contributed by atoms with Crippen LogP contribution in [0.4, 0.5) is 10.1 Å². The number of nitrogens with one attached hydrogen (secondary N) is 1. The van der Waals surface area contributed by atoms with E-state index in [4.69, 9.17) is 0 Å². The van der Waals surface area contributed by atoms with Crippen molar-refractivity contribution in [1.29, 1.82) is 0 Å². The molecule has 0 amide bonds. The number of anilines is 1. The van der Waals surface area contributed by atoms with Crippen molar-refractivity contribution < 1.29 is 4.39 Å². The molecule has 0 saturated carbocycles. The molecule has 0 fully saturated rings. The molecule has 3 rings (SSSR count). The van der Waals surface area contributed by atoms with Gasteiger partial charge in [0.15, 0.2) is 0 Å². The first-order valence-corrected chi connectivity index (χ1v) is 7.44. The second-order valence-electron chi connectivity index (χ2n) is 4.81. The highest BCUT2D eigenvalue weighted by molar-refractivity contribution is 7.13. The number of hydrogen-bond acceptors (Lipinski definition) is 4. The van der Waals surface area contributed by atoms with Gasteiger partial charge in [-0.05, 0) is 31.2 Å². The Morgan fingerprint density at radius 2 is 2.05 bits per heavy atom. The van der Waals surface area contributed by atoms with E-state index in [0.29, 0.717) is 6.54 Å². The topological polar surface area (TPSA) is 42.7 Å². The van der Waals surface area contributed by atoms with Crippen molar-refractivity contribution in [3.05, 3.63) is 53.0 Å². The molecule has 0 aliphatic carbocycles. The summed E-state index contributed by atoms with van der Waals surface area (Å²) in [4.78, 5) is 4.57. The molecule has 3 aromatic rings. The highest BCUT2D eigenvalue weighted by Gasteiger charge is 2.07.